The lowest BCUT2D eigenvalue weighted by Gasteiger charge is -2.47. The number of hydrogen-bond donors (Lipinski definition) is 1. The van der Waals surface area contributed by atoms with Crippen LogP contribution in [0, 0.1) is 0 Å². The number of nitrogens with zero attached hydrogens (tertiary/aromatic N) is 3. The first-order valence-corrected chi connectivity index (χ1v) is 14.8. The van der Waals surface area contributed by atoms with Crippen molar-refractivity contribution in [1.82, 2.24) is 15.2 Å². The Labute approximate surface area is 232 Å². The van der Waals surface area contributed by atoms with Gasteiger partial charge in [0.1, 0.15) is 11.9 Å². The molecule has 1 aliphatic carbocycles. The number of benzene rings is 1. The fourth-order valence-electron chi connectivity index (χ4n) is 6.30. The Hall–Kier alpha value is -2.68. The van der Waals surface area contributed by atoms with Gasteiger partial charge in [-0.1, -0.05) is 18.6 Å². The summed E-state index contributed by atoms with van der Waals surface area (Å²) in [7, 11) is 0. The summed E-state index contributed by atoms with van der Waals surface area (Å²) in [5, 5.41) is 3.43. The molecule has 4 fully saturated rings. The number of likely N-dealkylation sites (tertiary alicyclic amines) is 1. The van der Waals surface area contributed by atoms with Crippen molar-refractivity contribution in [2.45, 2.75) is 88.7 Å². The van der Waals surface area contributed by atoms with E-state index in [1.165, 1.54) is 19.3 Å². The van der Waals surface area contributed by atoms with Gasteiger partial charge in [-0.05, 0) is 89.2 Å². The zero-order valence-electron chi connectivity index (χ0n) is 23.3. The van der Waals surface area contributed by atoms with E-state index >= 15 is 0 Å². The van der Waals surface area contributed by atoms with E-state index in [1.54, 1.807) is 6.20 Å². The molecule has 1 unspecified atom stereocenters. The van der Waals surface area contributed by atoms with Gasteiger partial charge in [-0.25, -0.2) is 4.98 Å². The standard InChI is InChI=1S/C31H42N4O4/c1-22(2)37-28-11-8-25(20-33-28)35-21-31(14-16-32-17-15-31)39-29(30(35)36)23-6-9-26(10-7-23)38-27-12-18-34(19-13-27)24-4-3-5-24/h6-11,20,22,24,27,29,32H,3-5,12-19,21H2,1-2H3. The van der Waals surface area contributed by atoms with E-state index in [4.69, 9.17) is 14.2 Å². The smallest absolute Gasteiger partial charge is 0.260 e. The Balaban J connectivity index is 1.16. The molecule has 1 amide bonds. The Kier molecular flexibility index (Phi) is 7.78. The van der Waals surface area contributed by atoms with Crippen LogP contribution in [0.3, 0.4) is 0 Å². The number of carbonyl (C=O) groups is 1. The predicted octanol–water partition coefficient (Wildman–Crippen LogP) is 4.49. The van der Waals surface area contributed by atoms with Gasteiger partial charge in [0.15, 0.2) is 6.10 Å². The van der Waals surface area contributed by atoms with Crippen LogP contribution in [-0.2, 0) is 9.53 Å². The summed E-state index contributed by atoms with van der Waals surface area (Å²) in [4.78, 5) is 22.8. The summed E-state index contributed by atoms with van der Waals surface area (Å²) in [5.41, 5.74) is 1.25. The predicted molar refractivity (Wildman–Crippen MR) is 150 cm³/mol. The van der Waals surface area contributed by atoms with Crippen LogP contribution in [0.1, 0.15) is 70.5 Å². The van der Waals surface area contributed by atoms with Gasteiger partial charge in [-0.2, -0.15) is 0 Å². The molecule has 1 saturated carbocycles. The van der Waals surface area contributed by atoms with E-state index in [0.717, 1.165) is 74.9 Å². The average Bonchev–Trinajstić information content (AvgIpc) is 2.91. The van der Waals surface area contributed by atoms with Gasteiger partial charge < -0.3 is 29.3 Å². The van der Waals surface area contributed by atoms with Crippen LogP contribution in [0.4, 0.5) is 5.69 Å². The third kappa shape index (κ3) is 5.93. The molecule has 1 N–H and O–H groups in total. The van der Waals surface area contributed by atoms with Crippen LogP contribution < -0.4 is 19.7 Å². The maximum atomic E-state index is 13.8. The number of nitrogens with one attached hydrogen (secondary N) is 1. The summed E-state index contributed by atoms with van der Waals surface area (Å²) in [5.74, 6) is 1.37. The van der Waals surface area contributed by atoms with Crippen molar-refractivity contribution in [3.05, 3.63) is 48.2 Å². The molecule has 1 aromatic carbocycles. The van der Waals surface area contributed by atoms with Crippen LogP contribution in [0.5, 0.6) is 11.6 Å². The highest BCUT2D eigenvalue weighted by molar-refractivity contribution is 5.98. The number of pyridine rings is 1. The first-order chi connectivity index (χ1) is 19.0. The Morgan fingerprint density at radius 3 is 2.38 bits per heavy atom. The number of piperidine rings is 2. The number of amides is 1. The minimum absolute atomic E-state index is 0.0443. The highest BCUT2D eigenvalue weighted by atomic mass is 16.5. The summed E-state index contributed by atoms with van der Waals surface area (Å²) >= 11 is 0. The number of rotatable bonds is 7. The summed E-state index contributed by atoms with van der Waals surface area (Å²) in [6, 6.07) is 12.6. The zero-order chi connectivity index (χ0) is 26.8. The monoisotopic (exact) mass is 534 g/mol. The lowest BCUT2D eigenvalue weighted by molar-refractivity contribution is -0.161. The minimum Gasteiger partial charge on any atom is -0.490 e. The number of anilines is 1. The lowest BCUT2D eigenvalue weighted by atomic mass is 9.88. The second-order valence-corrected chi connectivity index (χ2v) is 11.9. The molecule has 3 saturated heterocycles. The third-order valence-electron chi connectivity index (χ3n) is 8.76. The van der Waals surface area contributed by atoms with E-state index in [0.29, 0.717) is 12.4 Å². The second-order valence-electron chi connectivity index (χ2n) is 11.9. The number of hydrogen-bond acceptors (Lipinski definition) is 7. The van der Waals surface area contributed by atoms with Crippen LogP contribution in [0.25, 0.3) is 0 Å². The fourth-order valence-corrected chi connectivity index (χ4v) is 6.30. The van der Waals surface area contributed by atoms with E-state index in [9.17, 15) is 4.79 Å². The van der Waals surface area contributed by atoms with Gasteiger partial charge >= 0.3 is 0 Å². The molecule has 2 aromatic rings. The molecular weight excluding hydrogens is 492 g/mol. The van der Waals surface area contributed by atoms with E-state index in [1.807, 2.05) is 55.1 Å². The Bertz CT molecular complexity index is 1100. The molecule has 210 valence electrons. The SMILES string of the molecule is CC(C)Oc1ccc(N2CC3(CCNCC3)OC(c3ccc(OC4CCN(C5CCC5)CC4)cc3)C2=O)cn1. The second kappa shape index (κ2) is 11.4. The number of aromatic nitrogens is 1. The summed E-state index contributed by atoms with van der Waals surface area (Å²) in [6.45, 7) is 8.48. The molecular formula is C31H42N4O4. The zero-order valence-corrected chi connectivity index (χ0v) is 23.3. The van der Waals surface area contributed by atoms with Gasteiger partial charge in [0, 0.05) is 25.2 Å². The van der Waals surface area contributed by atoms with Crippen LogP contribution in [0.2, 0.25) is 0 Å². The van der Waals surface area contributed by atoms with Crippen molar-refractivity contribution >= 4 is 11.6 Å². The van der Waals surface area contributed by atoms with Crippen LogP contribution in [-0.4, -0.2) is 72.4 Å². The molecule has 1 spiro atoms. The van der Waals surface area contributed by atoms with Crippen molar-refractivity contribution in [3.63, 3.8) is 0 Å². The van der Waals surface area contributed by atoms with Crippen molar-refractivity contribution in [1.29, 1.82) is 0 Å². The van der Waals surface area contributed by atoms with Gasteiger partial charge in [-0.3, -0.25) is 4.79 Å². The first-order valence-electron chi connectivity index (χ1n) is 14.8. The molecule has 8 nitrogen and oxygen atoms in total. The van der Waals surface area contributed by atoms with Crippen molar-refractivity contribution in [3.8, 4) is 11.6 Å². The summed E-state index contributed by atoms with van der Waals surface area (Å²) in [6.07, 6.45) is 9.33. The molecule has 3 aliphatic heterocycles. The largest absolute Gasteiger partial charge is 0.490 e. The van der Waals surface area contributed by atoms with Gasteiger partial charge in [-0.15, -0.1) is 0 Å². The lowest BCUT2D eigenvalue weighted by Crippen LogP contribution is -2.59. The maximum absolute atomic E-state index is 13.8. The van der Waals surface area contributed by atoms with Crippen molar-refractivity contribution in [2.75, 3.05) is 37.6 Å². The average molecular weight is 535 g/mol. The number of carbonyl (C=O) groups excluding carboxylic acids is 1. The number of ether oxygens (including phenoxy) is 3. The van der Waals surface area contributed by atoms with E-state index < -0.39 is 6.10 Å². The summed E-state index contributed by atoms with van der Waals surface area (Å²) < 4.78 is 18.7. The Morgan fingerprint density at radius 1 is 1.03 bits per heavy atom. The first kappa shape index (κ1) is 26.5. The number of morpholine rings is 1. The van der Waals surface area contributed by atoms with Crippen LogP contribution in [0.15, 0.2) is 42.6 Å². The van der Waals surface area contributed by atoms with Gasteiger partial charge in [0.05, 0.1) is 30.1 Å². The Morgan fingerprint density at radius 2 is 1.77 bits per heavy atom. The molecule has 0 radical (unpaired) electrons. The molecule has 39 heavy (non-hydrogen) atoms. The van der Waals surface area contributed by atoms with E-state index in [2.05, 4.69) is 15.2 Å². The highest BCUT2D eigenvalue weighted by Gasteiger charge is 2.47. The molecule has 4 heterocycles. The normalized spacial score (nSPS) is 24.6. The quantitative estimate of drug-likeness (QED) is 0.561. The van der Waals surface area contributed by atoms with Crippen molar-refractivity contribution in [2.24, 2.45) is 0 Å². The van der Waals surface area contributed by atoms with E-state index in [-0.39, 0.29) is 23.7 Å². The maximum Gasteiger partial charge on any atom is 0.260 e. The molecule has 0 bridgehead atoms. The molecule has 6 rings (SSSR count). The molecule has 1 aromatic heterocycles. The van der Waals surface area contributed by atoms with Gasteiger partial charge in [0.25, 0.3) is 5.91 Å². The molecule has 4 aliphatic rings. The third-order valence-corrected chi connectivity index (χ3v) is 8.76. The highest BCUT2D eigenvalue weighted by Crippen LogP contribution is 2.40. The van der Waals surface area contributed by atoms with Crippen LogP contribution >= 0.6 is 0 Å². The van der Waals surface area contributed by atoms with Gasteiger partial charge in [0.2, 0.25) is 5.88 Å². The fraction of sp³-hybridized carbons (Fsp3) is 0.613. The minimum atomic E-state index is -0.664. The topological polar surface area (TPSA) is 76.2 Å². The molecule has 1 atom stereocenters. The van der Waals surface area contributed by atoms with Crippen molar-refractivity contribution < 1.29 is 19.0 Å². The molecule has 8 heteroatoms.